The Balaban J connectivity index is 1.78. The summed E-state index contributed by atoms with van der Waals surface area (Å²) in [7, 11) is 1.37. The van der Waals surface area contributed by atoms with Gasteiger partial charge in [-0.2, -0.15) is 0 Å². The normalized spacial score (nSPS) is 14.3. The highest BCUT2D eigenvalue weighted by atomic mass is 16.5. The van der Waals surface area contributed by atoms with Gasteiger partial charge in [-0.1, -0.05) is 36.4 Å². The molecule has 5 rings (SSSR count). The molecule has 0 aliphatic carbocycles. The van der Waals surface area contributed by atoms with Crippen molar-refractivity contribution in [1.82, 2.24) is 4.90 Å². The van der Waals surface area contributed by atoms with E-state index in [0.717, 1.165) is 0 Å². The second-order valence-corrected chi connectivity index (χ2v) is 9.19. The first-order valence-electron chi connectivity index (χ1n) is 12.3. The number of rotatable bonds is 6. The van der Waals surface area contributed by atoms with Gasteiger partial charge in [0.25, 0.3) is 0 Å². The van der Waals surface area contributed by atoms with Crippen molar-refractivity contribution in [3.05, 3.63) is 75.9 Å². The van der Waals surface area contributed by atoms with E-state index in [1.807, 2.05) is 0 Å². The first-order chi connectivity index (χ1) is 18.8. The number of hydrogen-bond donors (Lipinski definition) is 4. The van der Waals surface area contributed by atoms with E-state index in [1.54, 1.807) is 41.3 Å². The van der Waals surface area contributed by atoms with Gasteiger partial charge in [-0.15, -0.1) is 0 Å². The Hall–Kier alpha value is -4.70. The number of nitrogens with zero attached hydrogens (tertiary/aromatic N) is 1. The van der Waals surface area contributed by atoms with Crippen LogP contribution >= 0.6 is 0 Å². The van der Waals surface area contributed by atoms with Crippen LogP contribution in [0.15, 0.2) is 63.8 Å². The Morgan fingerprint density at radius 2 is 1.69 bits per heavy atom. The molecule has 39 heavy (non-hydrogen) atoms. The summed E-state index contributed by atoms with van der Waals surface area (Å²) in [6, 6.07) is 14.4. The van der Waals surface area contributed by atoms with Crippen molar-refractivity contribution in [3.63, 3.8) is 0 Å². The number of amides is 1. The molecule has 1 saturated heterocycles. The third kappa shape index (κ3) is 4.82. The van der Waals surface area contributed by atoms with Gasteiger partial charge in [-0.05, 0) is 17.7 Å². The summed E-state index contributed by atoms with van der Waals surface area (Å²) in [6.45, 7) is 1.52. The molecule has 0 radical (unpaired) electrons. The zero-order valence-electron chi connectivity index (χ0n) is 21.1. The highest BCUT2D eigenvalue weighted by Crippen LogP contribution is 2.50. The highest BCUT2D eigenvalue weighted by molar-refractivity contribution is 5.94. The zero-order chi connectivity index (χ0) is 27.7. The number of phenolic OH excluding ortho intramolecular Hbond substituents is 4. The maximum Gasteiger partial charge on any atom is 0.223 e. The molecule has 1 aliphatic rings. The maximum absolute atomic E-state index is 13.4. The molecule has 1 fully saturated rings. The minimum atomic E-state index is -0.974. The van der Waals surface area contributed by atoms with Crippen LogP contribution in [-0.4, -0.2) is 64.6 Å². The molecule has 10 heteroatoms. The number of carbonyl (C=O) groups excluding carboxylic acids is 1. The first kappa shape index (κ1) is 25.9. The van der Waals surface area contributed by atoms with Crippen molar-refractivity contribution in [1.29, 1.82) is 0 Å². The van der Waals surface area contributed by atoms with E-state index >= 15 is 0 Å². The number of aromatic hydroxyl groups is 4. The summed E-state index contributed by atoms with van der Waals surface area (Å²) >= 11 is 0. The van der Waals surface area contributed by atoms with Crippen molar-refractivity contribution in [2.75, 3.05) is 33.4 Å². The lowest BCUT2D eigenvalue weighted by molar-refractivity contribution is -0.135. The molecule has 1 aliphatic heterocycles. The van der Waals surface area contributed by atoms with Crippen molar-refractivity contribution in [2.24, 2.45) is 0 Å². The molecule has 4 aromatic rings. The lowest BCUT2D eigenvalue weighted by atomic mass is 9.85. The Morgan fingerprint density at radius 1 is 0.974 bits per heavy atom. The van der Waals surface area contributed by atoms with E-state index in [2.05, 4.69) is 0 Å². The summed E-state index contributed by atoms with van der Waals surface area (Å²) in [5, 5.41) is 42.3. The Morgan fingerprint density at radius 3 is 2.38 bits per heavy atom. The number of hydrogen-bond acceptors (Lipinski definition) is 9. The minimum Gasteiger partial charge on any atom is -0.504 e. The summed E-state index contributed by atoms with van der Waals surface area (Å²) in [6.07, 6.45) is -0.194. The van der Waals surface area contributed by atoms with Crippen LogP contribution < -0.4 is 10.2 Å². The molecule has 0 unspecified atom stereocenters. The molecule has 0 spiro atoms. The average molecular weight is 534 g/mol. The molecule has 1 amide bonds. The van der Waals surface area contributed by atoms with Crippen LogP contribution in [0.5, 0.6) is 28.7 Å². The van der Waals surface area contributed by atoms with Crippen molar-refractivity contribution >= 4 is 16.9 Å². The van der Waals surface area contributed by atoms with Crippen LogP contribution in [0.3, 0.4) is 0 Å². The van der Waals surface area contributed by atoms with Crippen molar-refractivity contribution in [3.8, 4) is 40.1 Å². The van der Waals surface area contributed by atoms with E-state index in [1.165, 1.54) is 25.3 Å². The Labute approximate surface area is 222 Å². The number of methoxy groups -OCH3 is 1. The molecule has 4 N–H and O–H groups in total. The number of morpholine rings is 1. The summed E-state index contributed by atoms with van der Waals surface area (Å²) in [5.41, 5.74) is 0.110. The SMILES string of the molecule is COc1cc([C@@H](CC(=O)N2CCOCC2)c2c(O)c(O)c(O)c3c(=O)cc(-c4ccccc4)oc23)ccc1O. The van der Waals surface area contributed by atoms with Crippen LogP contribution in [0.25, 0.3) is 22.3 Å². The van der Waals surface area contributed by atoms with Gasteiger partial charge < -0.3 is 39.2 Å². The van der Waals surface area contributed by atoms with Crippen LogP contribution in [0.2, 0.25) is 0 Å². The molecule has 1 atom stereocenters. The van der Waals surface area contributed by atoms with Gasteiger partial charge in [-0.3, -0.25) is 9.59 Å². The van der Waals surface area contributed by atoms with Crippen molar-refractivity contribution in [2.45, 2.75) is 12.3 Å². The molecule has 1 aromatic heterocycles. The third-order valence-electron chi connectivity index (χ3n) is 6.89. The van der Waals surface area contributed by atoms with Crippen LogP contribution in [-0.2, 0) is 9.53 Å². The van der Waals surface area contributed by atoms with E-state index in [0.29, 0.717) is 37.4 Å². The molecular formula is C29H27NO9. The van der Waals surface area contributed by atoms with Gasteiger partial charge in [0.2, 0.25) is 11.7 Å². The zero-order valence-corrected chi connectivity index (χ0v) is 21.1. The van der Waals surface area contributed by atoms with Gasteiger partial charge in [0.05, 0.1) is 20.3 Å². The fourth-order valence-corrected chi connectivity index (χ4v) is 4.86. The smallest absolute Gasteiger partial charge is 0.223 e. The molecule has 0 saturated carbocycles. The quantitative estimate of drug-likeness (QED) is 0.272. The average Bonchev–Trinajstić information content (AvgIpc) is 2.96. The third-order valence-corrected chi connectivity index (χ3v) is 6.89. The topological polar surface area (TPSA) is 150 Å². The molecule has 202 valence electrons. The minimum absolute atomic E-state index is 0.0652. The number of ether oxygens (including phenoxy) is 2. The number of carbonyl (C=O) groups is 1. The van der Waals surface area contributed by atoms with Crippen LogP contribution in [0.1, 0.15) is 23.5 Å². The van der Waals surface area contributed by atoms with E-state index in [9.17, 15) is 30.0 Å². The van der Waals surface area contributed by atoms with E-state index in [-0.39, 0.29) is 46.1 Å². The lowest BCUT2D eigenvalue weighted by Crippen LogP contribution is -2.41. The van der Waals surface area contributed by atoms with E-state index < -0.39 is 28.6 Å². The maximum atomic E-state index is 13.4. The predicted octanol–water partition coefficient (Wildman–Crippen LogP) is 3.67. The lowest BCUT2D eigenvalue weighted by Gasteiger charge is -2.29. The molecular weight excluding hydrogens is 506 g/mol. The Kier molecular flexibility index (Phi) is 7.03. The summed E-state index contributed by atoms with van der Waals surface area (Å²) in [4.78, 5) is 28.3. The van der Waals surface area contributed by atoms with Gasteiger partial charge in [-0.25, -0.2) is 0 Å². The molecule has 10 nitrogen and oxygen atoms in total. The summed E-state index contributed by atoms with van der Waals surface area (Å²) < 4.78 is 16.7. The number of phenols is 4. The second kappa shape index (κ2) is 10.6. The van der Waals surface area contributed by atoms with Gasteiger partial charge in [0.15, 0.2) is 28.4 Å². The Bertz CT molecular complexity index is 1590. The fraction of sp³-hybridized carbons (Fsp3) is 0.241. The fourth-order valence-electron chi connectivity index (χ4n) is 4.86. The largest absolute Gasteiger partial charge is 0.504 e. The van der Waals surface area contributed by atoms with Crippen LogP contribution in [0, 0.1) is 0 Å². The molecule has 0 bridgehead atoms. The predicted molar refractivity (Wildman–Crippen MR) is 141 cm³/mol. The standard InChI is InChI=1S/C29H27NO9/c1-37-22-13-17(7-8-19(22)31)18(14-23(33)30-9-11-38-12-10-30)24-26(34)28(36)27(35)25-20(32)15-21(39-29(24)25)16-5-3-2-4-6-16/h2-8,13,15,18,31,34-36H,9-12,14H2,1H3/t18-/m1/s1. The second-order valence-electron chi connectivity index (χ2n) is 9.19. The monoisotopic (exact) mass is 533 g/mol. The number of benzene rings is 3. The molecule has 2 heterocycles. The van der Waals surface area contributed by atoms with E-state index in [4.69, 9.17) is 13.9 Å². The molecule has 3 aromatic carbocycles. The highest BCUT2D eigenvalue weighted by Gasteiger charge is 2.32. The first-order valence-corrected chi connectivity index (χ1v) is 12.3. The number of fused-ring (bicyclic) bond motifs is 1. The van der Waals surface area contributed by atoms with Gasteiger partial charge in [0.1, 0.15) is 16.7 Å². The van der Waals surface area contributed by atoms with Crippen LogP contribution in [0.4, 0.5) is 0 Å². The van der Waals surface area contributed by atoms with Crippen molar-refractivity contribution < 1.29 is 39.1 Å². The summed E-state index contributed by atoms with van der Waals surface area (Å²) in [5.74, 6) is -3.57. The van der Waals surface area contributed by atoms with Gasteiger partial charge in [0, 0.05) is 42.6 Å². The van der Waals surface area contributed by atoms with Gasteiger partial charge >= 0.3 is 0 Å².